The molecular formula is C10H19FO2S. The molecule has 0 heterocycles. The smallest absolute Gasteiger partial charge is 0.316 e. The third-order valence-corrected chi connectivity index (χ3v) is 3.45. The topological polar surface area (TPSA) is 37.3 Å². The van der Waals surface area contributed by atoms with Crippen LogP contribution in [0.3, 0.4) is 0 Å². The van der Waals surface area contributed by atoms with Crippen LogP contribution in [0.5, 0.6) is 0 Å². The zero-order valence-electron chi connectivity index (χ0n) is 8.67. The van der Waals surface area contributed by atoms with E-state index in [-0.39, 0.29) is 11.9 Å². The summed E-state index contributed by atoms with van der Waals surface area (Å²) in [5, 5.41) is 8.48. The highest BCUT2D eigenvalue weighted by atomic mass is 32.2. The second kappa shape index (κ2) is 9.31. The van der Waals surface area contributed by atoms with E-state index >= 15 is 0 Å². The number of carbonyl (C=O) groups is 1. The van der Waals surface area contributed by atoms with E-state index in [1.54, 1.807) is 0 Å². The van der Waals surface area contributed by atoms with E-state index in [1.165, 1.54) is 11.8 Å². The van der Waals surface area contributed by atoms with Gasteiger partial charge >= 0.3 is 5.97 Å². The van der Waals surface area contributed by atoms with Gasteiger partial charge in [0.15, 0.2) is 0 Å². The van der Waals surface area contributed by atoms with Crippen LogP contribution in [0.1, 0.15) is 39.0 Å². The maximum Gasteiger partial charge on any atom is 0.316 e. The summed E-state index contributed by atoms with van der Waals surface area (Å²) in [6.45, 7) is 1.65. The van der Waals surface area contributed by atoms with Gasteiger partial charge in [-0.05, 0) is 25.0 Å². The minimum Gasteiger partial charge on any atom is -0.480 e. The number of rotatable bonds is 9. The molecule has 0 saturated heterocycles. The van der Waals surface area contributed by atoms with Crippen molar-refractivity contribution in [3.05, 3.63) is 0 Å². The van der Waals surface area contributed by atoms with Crippen molar-refractivity contribution in [2.45, 2.75) is 44.3 Å². The Balaban J connectivity index is 3.29. The molecule has 2 nitrogen and oxygen atoms in total. The van der Waals surface area contributed by atoms with Gasteiger partial charge < -0.3 is 5.11 Å². The Morgan fingerprint density at radius 3 is 2.50 bits per heavy atom. The summed E-state index contributed by atoms with van der Waals surface area (Å²) in [4.78, 5) is 10.6. The predicted octanol–water partition coefficient (Wildman–Crippen LogP) is 3.11. The molecular weight excluding hydrogens is 203 g/mol. The van der Waals surface area contributed by atoms with Crippen molar-refractivity contribution in [3.63, 3.8) is 0 Å². The van der Waals surface area contributed by atoms with Crippen LogP contribution in [0, 0.1) is 0 Å². The summed E-state index contributed by atoms with van der Waals surface area (Å²) >= 11 is 1.49. The fourth-order valence-electron chi connectivity index (χ4n) is 1.14. The molecule has 1 unspecified atom stereocenters. The summed E-state index contributed by atoms with van der Waals surface area (Å²) in [6, 6.07) is 0. The Hall–Kier alpha value is -0.250. The van der Waals surface area contributed by atoms with Gasteiger partial charge in [-0.1, -0.05) is 19.8 Å². The molecule has 0 fully saturated rings. The van der Waals surface area contributed by atoms with Gasteiger partial charge in [0.25, 0.3) is 0 Å². The number of halogens is 1. The molecule has 1 N–H and O–H groups in total. The second-order valence-corrected chi connectivity index (χ2v) is 4.52. The van der Waals surface area contributed by atoms with Crippen LogP contribution in [0.2, 0.25) is 0 Å². The highest BCUT2D eigenvalue weighted by Gasteiger charge is 2.14. The van der Waals surface area contributed by atoms with Crippen molar-refractivity contribution in [1.82, 2.24) is 0 Å². The summed E-state index contributed by atoms with van der Waals surface area (Å²) < 4.78 is 11.7. The highest BCUT2D eigenvalue weighted by molar-refractivity contribution is 8.00. The van der Waals surface area contributed by atoms with Crippen molar-refractivity contribution in [1.29, 1.82) is 0 Å². The lowest BCUT2D eigenvalue weighted by Crippen LogP contribution is -2.15. The van der Waals surface area contributed by atoms with E-state index in [1.807, 2.05) is 6.92 Å². The lowest BCUT2D eigenvalue weighted by Gasteiger charge is -2.08. The van der Waals surface area contributed by atoms with E-state index in [4.69, 9.17) is 5.11 Å². The Labute approximate surface area is 89.3 Å². The van der Waals surface area contributed by atoms with Gasteiger partial charge in [-0.15, -0.1) is 11.8 Å². The average Bonchev–Trinajstić information content (AvgIpc) is 2.16. The quantitative estimate of drug-likeness (QED) is 0.609. The molecule has 0 radical (unpaired) electrons. The maximum absolute atomic E-state index is 11.7. The molecule has 0 aliphatic heterocycles. The number of thioether (sulfide) groups is 1. The minimum atomic E-state index is -0.721. The Morgan fingerprint density at radius 1 is 1.36 bits per heavy atom. The van der Waals surface area contributed by atoms with Gasteiger partial charge in [-0.3, -0.25) is 9.18 Å². The largest absolute Gasteiger partial charge is 0.480 e. The molecule has 0 rings (SSSR count). The first kappa shape index (κ1) is 13.8. The van der Waals surface area contributed by atoms with Crippen molar-refractivity contribution < 1.29 is 14.3 Å². The summed E-state index contributed by atoms with van der Waals surface area (Å²) in [5.74, 6) is 0.151. The van der Waals surface area contributed by atoms with Gasteiger partial charge in [0.1, 0.15) is 5.25 Å². The number of alkyl halides is 1. The van der Waals surface area contributed by atoms with Gasteiger partial charge in [-0.25, -0.2) is 0 Å². The van der Waals surface area contributed by atoms with Crippen LogP contribution in [0.25, 0.3) is 0 Å². The molecule has 4 heteroatoms. The minimum absolute atomic E-state index is 0.236. The third-order valence-electron chi connectivity index (χ3n) is 1.99. The third kappa shape index (κ3) is 7.18. The first-order chi connectivity index (χ1) is 6.72. The summed E-state index contributed by atoms with van der Waals surface area (Å²) in [7, 11) is 0. The number of carboxylic acids is 1. The van der Waals surface area contributed by atoms with Crippen molar-refractivity contribution in [3.8, 4) is 0 Å². The van der Waals surface area contributed by atoms with E-state index in [9.17, 15) is 9.18 Å². The Bertz CT molecular complexity index is 153. The molecule has 0 aromatic carbocycles. The van der Waals surface area contributed by atoms with Crippen molar-refractivity contribution >= 4 is 17.7 Å². The molecule has 0 bridgehead atoms. The normalized spacial score (nSPS) is 12.7. The number of aliphatic carboxylic acids is 1. The fourth-order valence-corrected chi connectivity index (χ4v) is 2.17. The molecule has 0 aromatic rings. The zero-order chi connectivity index (χ0) is 10.8. The lowest BCUT2D eigenvalue weighted by atomic mass is 10.2. The van der Waals surface area contributed by atoms with E-state index in [0.717, 1.165) is 25.0 Å². The maximum atomic E-state index is 11.7. The average molecular weight is 222 g/mol. The molecule has 0 spiro atoms. The predicted molar refractivity (Wildman–Crippen MR) is 58.6 cm³/mol. The monoisotopic (exact) mass is 222 g/mol. The van der Waals surface area contributed by atoms with Gasteiger partial charge in [0, 0.05) is 0 Å². The number of hydrogen-bond acceptors (Lipinski definition) is 2. The summed E-state index contributed by atoms with van der Waals surface area (Å²) in [5.41, 5.74) is 0. The first-order valence-electron chi connectivity index (χ1n) is 5.12. The number of unbranched alkanes of at least 4 members (excludes halogenated alkanes) is 3. The highest BCUT2D eigenvalue weighted by Crippen LogP contribution is 2.17. The van der Waals surface area contributed by atoms with Crippen LogP contribution in [0.4, 0.5) is 4.39 Å². The van der Waals surface area contributed by atoms with Crippen molar-refractivity contribution in [2.75, 3.05) is 12.4 Å². The molecule has 0 aliphatic carbocycles. The Kier molecular flexibility index (Phi) is 9.14. The molecule has 1 atom stereocenters. The standard InChI is InChI=1S/C10H19FO2S/c1-2-9(10(12)13)14-8-6-4-3-5-7-11/h9H,2-8H2,1H3,(H,12,13). The number of carboxylic acid groups (broad SMARTS) is 1. The van der Waals surface area contributed by atoms with Crippen LogP contribution in [-0.2, 0) is 4.79 Å². The second-order valence-electron chi connectivity index (χ2n) is 3.21. The van der Waals surface area contributed by atoms with Crippen LogP contribution < -0.4 is 0 Å². The van der Waals surface area contributed by atoms with Crippen molar-refractivity contribution in [2.24, 2.45) is 0 Å². The molecule has 0 saturated carbocycles. The van der Waals surface area contributed by atoms with Crippen LogP contribution >= 0.6 is 11.8 Å². The van der Waals surface area contributed by atoms with Crippen LogP contribution in [0.15, 0.2) is 0 Å². The van der Waals surface area contributed by atoms with E-state index < -0.39 is 5.97 Å². The molecule has 0 amide bonds. The SMILES string of the molecule is CCC(SCCCCCCF)C(=O)O. The summed E-state index contributed by atoms with van der Waals surface area (Å²) in [6.07, 6.45) is 4.23. The lowest BCUT2D eigenvalue weighted by molar-refractivity contribution is -0.136. The zero-order valence-corrected chi connectivity index (χ0v) is 9.49. The van der Waals surface area contributed by atoms with Crippen LogP contribution in [-0.4, -0.2) is 28.8 Å². The van der Waals surface area contributed by atoms with Gasteiger partial charge in [0.05, 0.1) is 6.67 Å². The van der Waals surface area contributed by atoms with Gasteiger partial charge in [0.2, 0.25) is 0 Å². The van der Waals surface area contributed by atoms with Gasteiger partial charge in [-0.2, -0.15) is 0 Å². The fraction of sp³-hybridized carbons (Fsp3) is 0.900. The molecule has 0 aromatic heterocycles. The first-order valence-corrected chi connectivity index (χ1v) is 6.17. The van der Waals surface area contributed by atoms with E-state index in [2.05, 4.69) is 0 Å². The molecule has 14 heavy (non-hydrogen) atoms. The van der Waals surface area contributed by atoms with E-state index in [0.29, 0.717) is 12.8 Å². The Morgan fingerprint density at radius 2 is 2.00 bits per heavy atom. The number of hydrogen-bond donors (Lipinski definition) is 1. The molecule has 0 aliphatic rings. The molecule has 84 valence electrons.